The second-order valence-electron chi connectivity index (χ2n) is 11.2. The van der Waals surface area contributed by atoms with Crippen molar-refractivity contribution in [3.05, 3.63) is 70.4 Å². The molecule has 0 spiro atoms. The summed E-state index contributed by atoms with van der Waals surface area (Å²) in [5.41, 5.74) is 4.52. The highest BCUT2D eigenvalue weighted by atomic mass is 32.1. The van der Waals surface area contributed by atoms with Crippen LogP contribution in [0.4, 0.5) is 0 Å². The first-order chi connectivity index (χ1) is 19.2. The number of fused-ring (bicyclic) bond motifs is 3. The van der Waals surface area contributed by atoms with Crippen LogP contribution >= 0.6 is 11.3 Å². The van der Waals surface area contributed by atoms with Gasteiger partial charge in [-0.05, 0) is 96.5 Å². The number of carbonyl (C=O) groups is 2. The number of thiophene rings is 1. The van der Waals surface area contributed by atoms with Gasteiger partial charge in [-0.2, -0.15) is 16.4 Å². The van der Waals surface area contributed by atoms with Crippen LogP contribution in [0.5, 0.6) is 5.75 Å². The molecule has 1 aliphatic carbocycles. The number of benzene rings is 2. The van der Waals surface area contributed by atoms with Crippen molar-refractivity contribution >= 4 is 34.6 Å². The van der Waals surface area contributed by atoms with Gasteiger partial charge in [0.05, 0.1) is 17.3 Å². The molecule has 4 aromatic rings. The number of nitrogens with zero attached hydrogens (tertiary/aromatic N) is 2. The first kappa shape index (κ1) is 24.4. The van der Waals surface area contributed by atoms with Crippen LogP contribution < -0.4 is 10.1 Å². The maximum atomic E-state index is 13.4. The standard InChI is InChI=1S/C31H32N4O3S/c36-18-35-23-7-8-24(35)16-26(15-23)38-25-9-4-20(5-10-25)30-27-14-21(6-11-28(27)33-34-30)31(37)32-29(19-2-1-3-19)22-12-13-39-17-22/h4-6,9-14,17-19,23-24,26,29H,1-3,7-8,15-16H2,(H,32,37)(H,33,34)/t23-,24+,26-,29?. The molecule has 2 aliphatic heterocycles. The largest absolute Gasteiger partial charge is 0.490 e. The molecule has 8 heteroatoms. The Bertz CT molecular complexity index is 1460. The summed E-state index contributed by atoms with van der Waals surface area (Å²) in [5, 5.41) is 16.1. The predicted octanol–water partition coefficient (Wildman–Crippen LogP) is 6.09. The predicted molar refractivity (Wildman–Crippen MR) is 152 cm³/mol. The van der Waals surface area contributed by atoms with Crippen molar-refractivity contribution in [1.82, 2.24) is 20.4 Å². The average molecular weight is 541 g/mol. The number of aromatic nitrogens is 2. The molecular weight excluding hydrogens is 508 g/mol. The van der Waals surface area contributed by atoms with Crippen LogP contribution in [-0.4, -0.2) is 45.6 Å². The fourth-order valence-electron chi connectivity index (χ4n) is 6.61. The van der Waals surface area contributed by atoms with Gasteiger partial charge in [-0.15, -0.1) is 0 Å². The Morgan fingerprint density at radius 2 is 1.87 bits per heavy atom. The fraction of sp³-hybridized carbons (Fsp3) is 0.387. The summed E-state index contributed by atoms with van der Waals surface area (Å²) in [7, 11) is 0. The Labute approximate surface area is 231 Å². The number of amides is 2. The van der Waals surface area contributed by atoms with Crippen molar-refractivity contribution in [1.29, 1.82) is 0 Å². The van der Waals surface area contributed by atoms with Gasteiger partial charge in [0.15, 0.2) is 0 Å². The lowest BCUT2D eigenvalue weighted by atomic mass is 9.77. The highest BCUT2D eigenvalue weighted by Crippen LogP contribution is 2.39. The maximum absolute atomic E-state index is 13.4. The molecule has 4 heterocycles. The number of H-pyrrole nitrogens is 1. The highest BCUT2D eigenvalue weighted by molar-refractivity contribution is 7.08. The number of aromatic amines is 1. The molecule has 0 radical (unpaired) electrons. The Hall–Kier alpha value is -3.65. The van der Waals surface area contributed by atoms with E-state index < -0.39 is 0 Å². The summed E-state index contributed by atoms with van der Waals surface area (Å²) in [6.07, 6.45) is 8.61. The van der Waals surface area contributed by atoms with E-state index in [1.165, 1.54) is 12.0 Å². The van der Waals surface area contributed by atoms with Crippen LogP contribution in [0.1, 0.15) is 66.9 Å². The van der Waals surface area contributed by atoms with Gasteiger partial charge in [-0.25, -0.2) is 0 Å². The second-order valence-corrected chi connectivity index (χ2v) is 12.0. The molecule has 4 atom stereocenters. The van der Waals surface area contributed by atoms with Crippen molar-refractivity contribution in [2.24, 2.45) is 5.92 Å². The molecule has 7 rings (SSSR count). The van der Waals surface area contributed by atoms with Gasteiger partial charge >= 0.3 is 0 Å². The van der Waals surface area contributed by atoms with Crippen molar-refractivity contribution < 1.29 is 14.3 Å². The van der Waals surface area contributed by atoms with Gasteiger partial charge in [0.2, 0.25) is 6.41 Å². The van der Waals surface area contributed by atoms with E-state index in [1.807, 2.05) is 47.4 Å². The van der Waals surface area contributed by atoms with Crippen LogP contribution in [0.25, 0.3) is 22.2 Å². The minimum atomic E-state index is -0.0505. The molecule has 2 bridgehead atoms. The van der Waals surface area contributed by atoms with Crippen LogP contribution in [-0.2, 0) is 4.79 Å². The van der Waals surface area contributed by atoms with E-state index in [4.69, 9.17) is 4.74 Å². The molecule has 2 N–H and O–H groups in total. The van der Waals surface area contributed by atoms with Crippen molar-refractivity contribution in [3.8, 4) is 17.0 Å². The normalized spacial score (nSPS) is 23.4. The summed E-state index contributed by atoms with van der Waals surface area (Å²) in [4.78, 5) is 26.7. The van der Waals surface area contributed by atoms with Crippen molar-refractivity contribution in [3.63, 3.8) is 0 Å². The first-order valence-electron chi connectivity index (χ1n) is 14.0. The quantitative estimate of drug-likeness (QED) is 0.265. The lowest BCUT2D eigenvalue weighted by Gasteiger charge is -2.36. The number of piperidine rings is 1. The zero-order valence-corrected chi connectivity index (χ0v) is 22.5. The van der Waals surface area contributed by atoms with E-state index in [-0.39, 0.29) is 18.1 Å². The fourth-order valence-corrected chi connectivity index (χ4v) is 7.31. The van der Waals surface area contributed by atoms with Crippen LogP contribution in [0.3, 0.4) is 0 Å². The number of carbonyl (C=O) groups excluding carboxylic acids is 2. The Morgan fingerprint density at radius 3 is 2.54 bits per heavy atom. The molecule has 200 valence electrons. The van der Waals surface area contributed by atoms with Crippen molar-refractivity contribution in [2.45, 2.75) is 69.2 Å². The van der Waals surface area contributed by atoms with Gasteiger partial charge in [-0.3, -0.25) is 14.7 Å². The summed E-state index contributed by atoms with van der Waals surface area (Å²) in [5.74, 6) is 1.29. The molecule has 3 aliphatic rings. The number of ether oxygens (including phenoxy) is 1. The second kappa shape index (κ2) is 10.2. The van der Waals surface area contributed by atoms with Crippen molar-refractivity contribution in [2.75, 3.05) is 0 Å². The van der Waals surface area contributed by atoms with Gasteiger partial charge in [0.25, 0.3) is 5.91 Å². The summed E-state index contributed by atoms with van der Waals surface area (Å²) in [6.45, 7) is 0. The average Bonchev–Trinajstić information content (AvgIpc) is 3.66. The van der Waals surface area contributed by atoms with Crippen LogP contribution in [0, 0.1) is 5.92 Å². The molecule has 1 saturated carbocycles. The van der Waals surface area contributed by atoms with Gasteiger partial charge in [0.1, 0.15) is 11.9 Å². The third kappa shape index (κ3) is 4.61. The number of hydrogen-bond acceptors (Lipinski definition) is 5. The molecule has 2 aromatic heterocycles. The third-order valence-electron chi connectivity index (χ3n) is 8.93. The summed E-state index contributed by atoms with van der Waals surface area (Å²) >= 11 is 1.67. The van der Waals surface area contributed by atoms with Crippen LogP contribution in [0.15, 0.2) is 59.3 Å². The first-order valence-corrected chi connectivity index (χ1v) is 14.9. The van der Waals surface area contributed by atoms with Gasteiger partial charge in [-0.1, -0.05) is 6.42 Å². The molecule has 2 amide bonds. The Kier molecular flexibility index (Phi) is 6.35. The van der Waals surface area contributed by atoms with E-state index in [0.29, 0.717) is 23.6 Å². The molecule has 2 aromatic carbocycles. The third-order valence-corrected chi connectivity index (χ3v) is 9.64. The zero-order chi connectivity index (χ0) is 26.3. The van der Waals surface area contributed by atoms with E-state index >= 15 is 0 Å². The maximum Gasteiger partial charge on any atom is 0.251 e. The topological polar surface area (TPSA) is 87.3 Å². The zero-order valence-electron chi connectivity index (χ0n) is 21.7. The summed E-state index contributed by atoms with van der Waals surface area (Å²) in [6, 6.07) is 16.6. The van der Waals surface area contributed by atoms with E-state index in [0.717, 1.165) is 72.8 Å². The molecule has 7 nitrogen and oxygen atoms in total. The smallest absolute Gasteiger partial charge is 0.251 e. The number of hydrogen-bond donors (Lipinski definition) is 2. The Morgan fingerprint density at radius 1 is 1.08 bits per heavy atom. The monoisotopic (exact) mass is 540 g/mol. The SMILES string of the molecule is O=CN1[C@@H]2CC[C@H]1C[C@H](Oc1ccc(-c3n[nH]c4ccc(C(=O)NC(c5ccsc5)C5CCC5)cc34)cc1)C2. The Balaban J connectivity index is 1.07. The molecule has 2 saturated heterocycles. The minimum Gasteiger partial charge on any atom is -0.490 e. The minimum absolute atomic E-state index is 0.0505. The number of rotatable bonds is 8. The van der Waals surface area contributed by atoms with E-state index in [1.54, 1.807) is 11.3 Å². The van der Waals surface area contributed by atoms with Gasteiger partial charge in [0, 0.05) is 41.4 Å². The highest BCUT2D eigenvalue weighted by Gasteiger charge is 2.40. The molecule has 39 heavy (non-hydrogen) atoms. The molecular formula is C31H32N4O3S. The van der Waals surface area contributed by atoms with Gasteiger partial charge < -0.3 is 15.0 Å². The lowest BCUT2D eigenvalue weighted by molar-refractivity contribution is -0.123. The van der Waals surface area contributed by atoms with E-state index in [2.05, 4.69) is 32.3 Å². The summed E-state index contributed by atoms with van der Waals surface area (Å²) < 4.78 is 6.32. The molecule has 1 unspecified atom stereocenters. The van der Waals surface area contributed by atoms with Crippen LogP contribution in [0.2, 0.25) is 0 Å². The van der Waals surface area contributed by atoms with E-state index in [9.17, 15) is 9.59 Å². The number of nitrogens with one attached hydrogen (secondary N) is 2. The molecule has 3 fully saturated rings. The lowest BCUT2D eigenvalue weighted by Crippen LogP contribution is -2.45.